The molecular weight excluding hydrogens is 390 g/mol. The number of para-hydroxylation sites is 2. The molecule has 0 fully saturated rings. The van der Waals surface area contributed by atoms with Crippen LogP contribution in [0.5, 0.6) is 11.6 Å². The van der Waals surface area contributed by atoms with E-state index in [2.05, 4.69) is 19.9 Å². The number of pyridine rings is 2. The molecule has 31 heavy (non-hydrogen) atoms. The van der Waals surface area contributed by atoms with Crippen LogP contribution in [0.15, 0.2) is 85.2 Å². The van der Waals surface area contributed by atoms with Gasteiger partial charge in [0.2, 0.25) is 11.7 Å². The van der Waals surface area contributed by atoms with Crippen LogP contribution in [0.3, 0.4) is 0 Å². The van der Waals surface area contributed by atoms with Crippen LogP contribution in [0, 0.1) is 0 Å². The van der Waals surface area contributed by atoms with Crippen molar-refractivity contribution in [1.82, 2.24) is 19.9 Å². The Morgan fingerprint density at radius 1 is 0.903 bits per heavy atom. The Bertz CT molecular complexity index is 1360. The van der Waals surface area contributed by atoms with Crippen LogP contribution in [0.25, 0.3) is 22.2 Å². The number of H-pyrrole nitrogens is 1. The molecule has 0 radical (unpaired) electrons. The maximum Gasteiger partial charge on any atom is 0.228 e. The van der Waals surface area contributed by atoms with Crippen molar-refractivity contribution >= 4 is 22.6 Å². The molecule has 150 valence electrons. The van der Waals surface area contributed by atoms with E-state index in [0.717, 1.165) is 22.2 Å². The molecule has 0 unspecified atom stereocenters. The van der Waals surface area contributed by atoms with Gasteiger partial charge in [0.25, 0.3) is 0 Å². The minimum atomic E-state index is -0.187. The molecule has 5 aromatic rings. The zero-order valence-electron chi connectivity index (χ0n) is 16.3. The van der Waals surface area contributed by atoms with Gasteiger partial charge in [-0.15, -0.1) is 0 Å². The van der Waals surface area contributed by atoms with Crippen molar-refractivity contribution in [2.45, 2.75) is 0 Å². The first-order chi connectivity index (χ1) is 15.2. The minimum absolute atomic E-state index is 0.187. The minimum Gasteiger partial charge on any atom is -0.438 e. The fourth-order valence-electron chi connectivity index (χ4n) is 3.29. The van der Waals surface area contributed by atoms with Gasteiger partial charge in [0.05, 0.1) is 11.0 Å². The second kappa shape index (κ2) is 7.72. The summed E-state index contributed by atoms with van der Waals surface area (Å²) >= 11 is 0. The number of carbonyl (C=O) groups excluding carboxylic acids is 1. The van der Waals surface area contributed by atoms with Crippen molar-refractivity contribution < 1.29 is 9.53 Å². The fraction of sp³-hybridized carbons (Fsp3) is 0. The lowest BCUT2D eigenvalue weighted by atomic mass is 10.1. The van der Waals surface area contributed by atoms with Crippen molar-refractivity contribution in [3.05, 3.63) is 96.6 Å². The Labute approximate surface area is 177 Å². The van der Waals surface area contributed by atoms with Gasteiger partial charge in [0.15, 0.2) is 5.82 Å². The van der Waals surface area contributed by atoms with E-state index < -0.39 is 0 Å². The molecule has 0 aliphatic heterocycles. The van der Waals surface area contributed by atoms with Crippen LogP contribution in [0.1, 0.15) is 16.2 Å². The average Bonchev–Trinajstić information content (AvgIpc) is 3.24. The zero-order valence-corrected chi connectivity index (χ0v) is 16.3. The fourth-order valence-corrected chi connectivity index (χ4v) is 3.29. The SMILES string of the molecule is Nc1cc(-c2cccnc2Oc2ccc(C(=O)c3nc4ccccc4[nH]3)cc2)ccn1. The lowest BCUT2D eigenvalue weighted by molar-refractivity contribution is 0.103. The highest BCUT2D eigenvalue weighted by Crippen LogP contribution is 2.31. The van der Waals surface area contributed by atoms with E-state index >= 15 is 0 Å². The van der Waals surface area contributed by atoms with Gasteiger partial charge < -0.3 is 15.5 Å². The van der Waals surface area contributed by atoms with E-state index in [9.17, 15) is 4.79 Å². The van der Waals surface area contributed by atoms with Crippen molar-refractivity contribution in [3.8, 4) is 22.8 Å². The largest absolute Gasteiger partial charge is 0.438 e. The van der Waals surface area contributed by atoms with E-state index in [4.69, 9.17) is 10.5 Å². The van der Waals surface area contributed by atoms with Crippen molar-refractivity contribution in [3.63, 3.8) is 0 Å². The molecule has 0 aliphatic rings. The van der Waals surface area contributed by atoms with Crippen LogP contribution in [-0.4, -0.2) is 25.7 Å². The number of hydrogen-bond acceptors (Lipinski definition) is 6. The highest BCUT2D eigenvalue weighted by molar-refractivity contribution is 6.08. The van der Waals surface area contributed by atoms with Gasteiger partial charge in [0.1, 0.15) is 11.6 Å². The third kappa shape index (κ3) is 3.72. The van der Waals surface area contributed by atoms with Crippen molar-refractivity contribution in [2.24, 2.45) is 0 Å². The number of nitrogen functional groups attached to an aromatic ring is 1. The first-order valence-electron chi connectivity index (χ1n) is 9.62. The molecule has 2 aromatic carbocycles. The number of rotatable bonds is 5. The number of benzene rings is 2. The number of ether oxygens (including phenoxy) is 1. The van der Waals surface area contributed by atoms with Crippen LogP contribution in [-0.2, 0) is 0 Å². The normalized spacial score (nSPS) is 10.8. The van der Waals surface area contributed by atoms with Gasteiger partial charge in [0, 0.05) is 23.5 Å². The van der Waals surface area contributed by atoms with Crippen LogP contribution in [0.2, 0.25) is 0 Å². The predicted octanol–water partition coefficient (Wildman–Crippen LogP) is 4.63. The summed E-state index contributed by atoms with van der Waals surface area (Å²) < 4.78 is 5.99. The van der Waals surface area contributed by atoms with Gasteiger partial charge in [-0.25, -0.2) is 15.0 Å². The number of ketones is 1. The molecule has 3 N–H and O–H groups in total. The molecule has 5 rings (SSSR count). The van der Waals surface area contributed by atoms with E-state index in [1.54, 1.807) is 42.7 Å². The third-order valence-electron chi connectivity index (χ3n) is 4.80. The third-order valence-corrected chi connectivity index (χ3v) is 4.80. The number of nitrogens with one attached hydrogen (secondary N) is 1. The van der Waals surface area contributed by atoms with Crippen LogP contribution in [0.4, 0.5) is 5.82 Å². The molecule has 0 saturated carbocycles. The highest BCUT2D eigenvalue weighted by atomic mass is 16.5. The Kier molecular flexibility index (Phi) is 4.61. The summed E-state index contributed by atoms with van der Waals surface area (Å²) in [4.78, 5) is 28.6. The Morgan fingerprint density at radius 2 is 1.74 bits per heavy atom. The topological polar surface area (TPSA) is 107 Å². The summed E-state index contributed by atoms with van der Waals surface area (Å²) in [6.45, 7) is 0. The Balaban J connectivity index is 1.39. The molecule has 7 heteroatoms. The van der Waals surface area contributed by atoms with Crippen LogP contribution < -0.4 is 10.5 Å². The maximum atomic E-state index is 12.8. The molecule has 0 amide bonds. The lowest BCUT2D eigenvalue weighted by Gasteiger charge is -2.10. The Hall–Kier alpha value is -4.52. The monoisotopic (exact) mass is 407 g/mol. The number of nitrogens with two attached hydrogens (primary N) is 1. The summed E-state index contributed by atoms with van der Waals surface area (Å²) in [5.74, 6) is 1.53. The summed E-state index contributed by atoms with van der Waals surface area (Å²) in [7, 11) is 0. The maximum absolute atomic E-state index is 12.8. The first kappa shape index (κ1) is 18.5. The number of nitrogens with zero attached hydrogens (tertiary/aromatic N) is 3. The van der Waals surface area contributed by atoms with Crippen molar-refractivity contribution in [2.75, 3.05) is 5.73 Å². The molecule has 3 heterocycles. The number of fused-ring (bicyclic) bond motifs is 1. The van der Waals surface area contributed by atoms with Gasteiger partial charge >= 0.3 is 0 Å². The van der Waals surface area contributed by atoms with E-state index in [-0.39, 0.29) is 5.78 Å². The average molecular weight is 407 g/mol. The zero-order chi connectivity index (χ0) is 21.2. The van der Waals surface area contributed by atoms with E-state index in [1.807, 2.05) is 42.5 Å². The highest BCUT2D eigenvalue weighted by Gasteiger charge is 2.15. The smallest absolute Gasteiger partial charge is 0.228 e. The number of hydrogen-bond donors (Lipinski definition) is 2. The van der Waals surface area contributed by atoms with E-state index in [1.165, 1.54) is 0 Å². The number of aromatic amines is 1. The van der Waals surface area contributed by atoms with Gasteiger partial charge in [-0.1, -0.05) is 12.1 Å². The Morgan fingerprint density at radius 3 is 2.55 bits per heavy atom. The lowest BCUT2D eigenvalue weighted by Crippen LogP contribution is -2.03. The molecule has 7 nitrogen and oxygen atoms in total. The van der Waals surface area contributed by atoms with E-state index in [0.29, 0.717) is 28.8 Å². The van der Waals surface area contributed by atoms with Crippen molar-refractivity contribution in [1.29, 1.82) is 0 Å². The molecule has 0 spiro atoms. The van der Waals surface area contributed by atoms with Gasteiger partial charge in [-0.05, 0) is 66.2 Å². The molecule has 0 atom stereocenters. The molecule has 3 aromatic heterocycles. The number of carbonyl (C=O) groups is 1. The summed E-state index contributed by atoms with van der Waals surface area (Å²) in [6.07, 6.45) is 3.29. The second-order valence-corrected chi connectivity index (χ2v) is 6.88. The second-order valence-electron chi connectivity index (χ2n) is 6.88. The molecule has 0 bridgehead atoms. The molecular formula is C24H17N5O2. The number of aromatic nitrogens is 4. The predicted molar refractivity (Wildman–Crippen MR) is 118 cm³/mol. The molecule has 0 aliphatic carbocycles. The van der Waals surface area contributed by atoms with Crippen LogP contribution >= 0.6 is 0 Å². The summed E-state index contributed by atoms with van der Waals surface area (Å²) in [6, 6.07) is 21.7. The summed E-state index contributed by atoms with van der Waals surface area (Å²) in [5, 5.41) is 0. The van der Waals surface area contributed by atoms with Gasteiger partial charge in [-0.2, -0.15) is 0 Å². The first-order valence-corrected chi connectivity index (χ1v) is 9.62. The quantitative estimate of drug-likeness (QED) is 0.412. The standard InChI is InChI=1S/C24H17N5O2/c25-21-14-16(11-13-26-21)18-4-3-12-27-24(18)31-17-9-7-15(8-10-17)22(30)23-28-19-5-1-2-6-20(19)29-23/h1-14H,(H2,25,26)(H,28,29). The number of imidazole rings is 1. The number of anilines is 1. The van der Waals surface area contributed by atoms with Gasteiger partial charge in [-0.3, -0.25) is 4.79 Å². The summed E-state index contributed by atoms with van der Waals surface area (Å²) in [5.41, 5.74) is 9.54. The molecule has 0 saturated heterocycles.